The van der Waals surface area contributed by atoms with E-state index < -0.39 is 27.4 Å². The van der Waals surface area contributed by atoms with Gasteiger partial charge in [-0.05, 0) is 31.1 Å². The van der Waals surface area contributed by atoms with Gasteiger partial charge in [-0.3, -0.25) is 9.69 Å². The molecule has 2 atom stereocenters. The van der Waals surface area contributed by atoms with Crippen LogP contribution in [0.5, 0.6) is 5.88 Å². The molecule has 1 unspecified atom stereocenters. The predicted octanol–water partition coefficient (Wildman–Crippen LogP) is 3.71. The van der Waals surface area contributed by atoms with E-state index in [2.05, 4.69) is 20.6 Å². The van der Waals surface area contributed by atoms with E-state index in [0.29, 0.717) is 11.4 Å². The predicted molar refractivity (Wildman–Crippen MR) is 126 cm³/mol. The van der Waals surface area contributed by atoms with E-state index in [1.54, 1.807) is 16.5 Å². The zero-order valence-electron chi connectivity index (χ0n) is 18.6. The first-order chi connectivity index (χ1) is 16.0. The number of aromatic nitrogens is 3. The topological polar surface area (TPSA) is 89.4 Å². The van der Waals surface area contributed by atoms with E-state index >= 15 is 4.39 Å². The SMILES string of the molecule is C=S(=O)(Nc1ccc(F)c([C@@H]2Cn3cnc(C(C)=O)c3CN2C)c1F)c1cc(Cl)cnc1OC. The number of carbonyl (C=O) groups is 1. The maximum Gasteiger partial charge on any atom is 0.230 e. The fourth-order valence-corrected chi connectivity index (χ4v) is 5.57. The van der Waals surface area contributed by atoms with Crippen molar-refractivity contribution in [1.29, 1.82) is 0 Å². The Hall–Kier alpha value is -3.02. The first kappa shape index (κ1) is 24.1. The molecule has 1 aliphatic rings. The summed E-state index contributed by atoms with van der Waals surface area (Å²) in [6.45, 7) is 1.87. The van der Waals surface area contributed by atoms with Crippen LogP contribution < -0.4 is 9.46 Å². The summed E-state index contributed by atoms with van der Waals surface area (Å²) in [5.74, 6) is 1.85. The van der Waals surface area contributed by atoms with Crippen LogP contribution in [0.4, 0.5) is 14.5 Å². The molecule has 1 aromatic carbocycles. The Balaban J connectivity index is 1.72. The van der Waals surface area contributed by atoms with E-state index in [-0.39, 0.29) is 45.9 Å². The van der Waals surface area contributed by atoms with E-state index in [1.807, 2.05) is 0 Å². The Morgan fingerprint density at radius 1 is 1.35 bits per heavy atom. The highest BCUT2D eigenvalue weighted by atomic mass is 35.5. The first-order valence-corrected chi connectivity index (χ1v) is 12.2. The number of halogens is 3. The van der Waals surface area contributed by atoms with Crippen LogP contribution in [0, 0.1) is 11.6 Å². The molecule has 0 saturated heterocycles. The van der Waals surface area contributed by atoms with Crippen molar-refractivity contribution in [2.45, 2.75) is 31.0 Å². The lowest BCUT2D eigenvalue weighted by atomic mass is 10.0. The van der Waals surface area contributed by atoms with Crippen molar-refractivity contribution in [2.75, 3.05) is 18.9 Å². The molecule has 3 aromatic rings. The van der Waals surface area contributed by atoms with Crippen LogP contribution in [0.15, 0.2) is 35.6 Å². The van der Waals surface area contributed by atoms with Crippen LogP contribution in [0.25, 0.3) is 0 Å². The highest BCUT2D eigenvalue weighted by Crippen LogP contribution is 2.36. The number of ether oxygens (including phenoxy) is 1. The average molecular weight is 510 g/mol. The van der Waals surface area contributed by atoms with Crippen molar-refractivity contribution in [1.82, 2.24) is 19.4 Å². The third kappa shape index (κ3) is 4.26. The average Bonchev–Trinajstić information content (AvgIpc) is 3.19. The number of benzene rings is 1. The van der Waals surface area contributed by atoms with Gasteiger partial charge in [0, 0.05) is 31.8 Å². The van der Waals surface area contributed by atoms with Crippen molar-refractivity contribution >= 4 is 38.6 Å². The Kier molecular flexibility index (Phi) is 6.36. The molecule has 4 rings (SSSR count). The fourth-order valence-electron chi connectivity index (χ4n) is 3.99. The number of pyridine rings is 1. The number of hydrogen-bond donors (Lipinski definition) is 1. The molecule has 34 heavy (non-hydrogen) atoms. The van der Waals surface area contributed by atoms with Gasteiger partial charge in [0.1, 0.15) is 16.4 Å². The molecule has 0 amide bonds. The van der Waals surface area contributed by atoms with Crippen molar-refractivity contribution in [3.8, 4) is 5.88 Å². The van der Waals surface area contributed by atoms with Gasteiger partial charge in [-0.2, -0.15) is 0 Å². The van der Waals surface area contributed by atoms with Crippen LogP contribution in [-0.2, 0) is 22.8 Å². The molecule has 0 fully saturated rings. The van der Waals surface area contributed by atoms with E-state index in [9.17, 15) is 13.4 Å². The quantitative estimate of drug-likeness (QED) is 0.402. The molecular formula is C22H22ClF2N5O3S. The number of Topliss-reactive ketones (excluding diaryl/α,β-unsaturated/α-hetero) is 1. The molecule has 0 spiro atoms. The molecule has 180 valence electrons. The van der Waals surface area contributed by atoms with Gasteiger partial charge < -0.3 is 14.0 Å². The van der Waals surface area contributed by atoms with Gasteiger partial charge in [-0.25, -0.2) is 23.0 Å². The lowest BCUT2D eigenvalue weighted by Gasteiger charge is -2.34. The Morgan fingerprint density at radius 2 is 2.09 bits per heavy atom. The van der Waals surface area contributed by atoms with E-state index in [0.717, 1.165) is 12.1 Å². The van der Waals surface area contributed by atoms with Crippen LogP contribution >= 0.6 is 11.6 Å². The monoisotopic (exact) mass is 509 g/mol. The van der Waals surface area contributed by atoms with Crippen molar-refractivity contribution < 1.29 is 22.5 Å². The minimum atomic E-state index is -3.38. The second-order valence-electron chi connectivity index (χ2n) is 7.94. The Morgan fingerprint density at radius 3 is 2.76 bits per heavy atom. The molecule has 1 N–H and O–H groups in total. The minimum absolute atomic E-state index is 0.0144. The summed E-state index contributed by atoms with van der Waals surface area (Å²) in [6, 6.07) is 2.91. The van der Waals surface area contributed by atoms with E-state index in [4.69, 9.17) is 16.3 Å². The van der Waals surface area contributed by atoms with Gasteiger partial charge in [0.2, 0.25) is 5.88 Å². The van der Waals surface area contributed by atoms with Crippen molar-refractivity contribution in [3.63, 3.8) is 0 Å². The number of anilines is 1. The first-order valence-electron chi connectivity index (χ1n) is 10.1. The third-order valence-electron chi connectivity index (χ3n) is 5.65. The number of nitrogens with one attached hydrogen (secondary N) is 1. The maximum absolute atomic E-state index is 15.7. The second-order valence-corrected chi connectivity index (χ2v) is 10.4. The summed E-state index contributed by atoms with van der Waals surface area (Å²) in [5.41, 5.74) is 0.612. The number of fused-ring (bicyclic) bond motifs is 1. The smallest absolute Gasteiger partial charge is 0.230 e. The molecular weight excluding hydrogens is 488 g/mol. The maximum atomic E-state index is 15.7. The number of methoxy groups -OCH3 is 1. The van der Waals surface area contributed by atoms with Crippen LogP contribution in [0.3, 0.4) is 0 Å². The number of likely N-dealkylation sites (N-methyl/N-ethyl adjacent to an activating group) is 1. The molecule has 2 aromatic heterocycles. The van der Waals surface area contributed by atoms with Crippen LogP contribution in [0.2, 0.25) is 5.02 Å². The highest BCUT2D eigenvalue weighted by Gasteiger charge is 2.33. The third-order valence-corrected chi connectivity index (χ3v) is 7.41. The van der Waals surface area contributed by atoms with Crippen LogP contribution in [0.1, 0.15) is 34.7 Å². The number of nitrogens with zero attached hydrogens (tertiary/aromatic N) is 4. The number of hydrogen-bond acceptors (Lipinski definition) is 6. The summed E-state index contributed by atoms with van der Waals surface area (Å²) in [4.78, 5) is 21.7. The fraction of sp³-hybridized carbons (Fsp3) is 0.273. The number of imidazole rings is 1. The molecule has 0 aliphatic carbocycles. The zero-order valence-corrected chi connectivity index (χ0v) is 20.2. The van der Waals surface area contributed by atoms with Crippen molar-refractivity contribution in [3.05, 3.63) is 64.3 Å². The second kappa shape index (κ2) is 8.97. The molecule has 8 nitrogen and oxygen atoms in total. The van der Waals surface area contributed by atoms with Gasteiger partial charge in [-0.1, -0.05) is 11.6 Å². The van der Waals surface area contributed by atoms with Gasteiger partial charge in [0.05, 0.1) is 45.6 Å². The lowest BCUT2D eigenvalue weighted by Crippen LogP contribution is -2.35. The molecule has 3 heterocycles. The molecule has 0 saturated carbocycles. The summed E-state index contributed by atoms with van der Waals surface area (Å²) >= 11 is 5.98. The number of carbonyl (C=O) groups excluding carboxylic acids is 1. The molecule has 1 aliphatic heterocycles. The molecule has 12 heteroatoms. The molecule has 0 bridgehead atoms. The lowest BCUT2D eigenvalue weighted by molar-refractivity contribution is 0.100. The van der Waals surface area contributed by atoms with Crippen molar-refractivity contribution in [2.24, 2.45) is 0 Å². The minimum Gasteiger partial charge on any atom is -0.480 e. The normalized spacial score (nSPS) is 17.6. The Bertz CT molecular complexity index is 1390. The number of rotatable bonds is 6. The van der Waals surface area contributed by atoms with Gasteiger partial charge in [-0.15, -0.1) is 0 Å². The van der Waals surface area contributed by atoms with Crippen LogP contribution in [-0.4, -0.2) is 49.5 Å². The summed E-state index contributed by atoms with van der Waals surface area (Å²) in [6.07, 6.45) is 2.81. The van der Waals surface area contributed by atoms with Gasteiger partial charge in [0.25, 0.3) is 0 Å². The highest BCUT2D eigenvalue weighted by molar-refractivity contribution is 8.01. The van der Waals surface area contributed by atoms with E-state index in [1.165, 1.54) is 32.6 Å². The largest absolute Gasteiger partial charge is 0.480 e. The Labute approximate surface area is 200 Å². The zero-order chi connectivity index (χ0) is 24.8. The van der Waals surface area contributed by atoms with Gasteiger partial charge in [0.15, 0.2) is 11.6 Å². The molecule has 0 radical (unpaired) electrons. The summed E-state index contributed by atoms with van der Waals surface area (Å²) in [7, 11) is -0.335. The number of ketones is 1. The standard InChI is InChI=1S/C22H22ClF2N5O3S/c1-12(31)21-17-9-29(2)16(10-30(17)11-27-21)19-14(24)5-6-15(20(19)25)28-34(4,32)18-7-13(23)8-26-22(18)33-3/h5-8,11,16H,4,9-10H2,1-3H3,(H,28,32)/t16-,34?/m0/s1. The summed E-state index contributed by atoms with van der Waals surface area (Å²) in [5, 5.41) is 0.194. The van der Waals surface area contributed by atoms with Gasteiger partial charge >= 0.3 is 0 Å². The summed E-state index contributed by atoms with van der Waals surface area (Å²) < 4.78 is 53.4.